The first-order chi connectivity index (χ1) is 15.3. The van der Waals surface area contributed by atoms with E-state index in [0.29, 0.717) is 15.6 Å². The summed E-state index contributed by atoms with van der Waals surface area (Å²) in [5, 5.41) is 8.17. The van der Waals surface area contributed by atoms with Gasteiger partial charge in [-0.2, -0.15) is 5.10 Å². The topological polar surface area (TPSA) is 82.5 Å². The van der Waals surface area contributed by atoms with Crippen LogP contribution in [0.1, 0.15) is 31.3 Å². The second-order valence-electron chi connectivity index (χ2n) is 7.24. The molecule has 4 rings (SSSR count). The number of fused-ring (bicyclic) bond motifs is 1. The summed E-state index contributed by atoms with van der Waals surface area (Å²) in [4.78, 5) is 24.8. The van der Waals surface area contributed by atoms with Gasteiger partial charge in [-0.15, -0.1) is 11.3 Å². The molecular weight excluding hydrogens is 450 g/mol. The maximum absolute atomic E-state index is 12.6. The molecule has 0 radical (unpaired) electrons. The summed E-state index contributed by atoms with van der Waals surface area (Å²) in [6.45, 7) is 4.20. The van der Waals surface area contributed by atoms with Crippen LogP contribution in [-0.2, 0) is 11.5 Å². The minimum Gasteiger partial charge on any atom is -0.471 e. The lowest BCUT2D eigenvalue weighted by Gasteiger charge is -2.08. The van der Waals surface area contributed by atoms with E-state index in [9.17, 15) is 9.59 Å². The SMILES string of the molecule is COC(=O)c1sc2cc(NC(=O)c3ccn(COc4cc(C)cc(C)c4)n3)ccc2c1Cl. The monoisotopic (exact) mass is 469 g/mol. The van der Waals surface area contributed by atoms with Gasteiger partial charge in [0.1, 0.15) is 10.6 Å². The van der Waals surface area contributed by atoms with Crippen LogP contribution in [0.5, 0.6) is 5.75 Å². The first kappa shape index (κ1) is 21.9. The molecule has 2 aromatic heterocycles. The molecule has 0 unspecified atom stereocenters. The normalized spacial score (nSPS) is 10.9. The number of esters is 1. The largest absolute Gasteiger partial charge is 0.471 e. The van der Waals surface area contributed by atoms with E-state index < -0.39 is 5.97 Å². The van der Waals surface area contributed by atoms with Crippen LogP contribution in [0.2, 0.25) is 5.02 Å². The Labute approximate surface area is 193 Å². The lowest BCUT2D eigenvalue weighted by atomic mass is 10.1. The number of rotatable bonds is 6. The number of carbonyl (C=O) groups excluding carboxylic acids is 2. The molecule has 0 aliphatic carbocycles. The summed E-state index contributed by atoms with van der Waals surface area (Å²) in [7, 11) is 1.31. The Morgan fingerprint density at radius 1 is 1.12 bits per heavy atom. The third-order valence-electron chi connectivity index (χ3n) is 4.69. The Kier molecular flexibility index (Phi) is 6.16. The molecule has 164 valence electrons. The summed E-state index contributed by atoms with van der Waals surface area (Å²) in [6.07, 6.45) is 1.68. The highest BCUT2D eigenvalue weighted by atomic mass is 35.5. The standard InChI is InChI=1S/C23H20ClN3O4S/c1-13-8-14(2)10-16(9-13)31-12-27-7-6-18(26-27)22(28)25-15-4-5-17-19(11-15)32-21(20(17)24)23(29)30-3/h4-11H,12H2,1-3H3,(H,25,28). The number of nitrogens with zero attached hydrogens (tertiary/aromatic N) is 2. The van der Waals surface area contributed by atoms with Gasteiger partial charge < -0.3 is 14.8 Å². The Bertz CT molecular complexity index is 1310. The van der Waals surface area contributed by atoms with Gasteiger partial charge in [0.2, 0.25) is 0 Å². The Morgan fingerprint density at radius 3 is 2.59 bits per heavy atom. The van der Waals surface area contributed by atoms with Gasteiger partial charge in [-0.05, 0) is 61.4 Å². The van der Waals surface area contributed by atoms with Crippen molar-refractivity contribution in [1.29, 1.82) is 0 Å². The second kappa shape index (κ2) is 9.02. The van der Waals surface area contributed by atoms with Crippen molar-refractivity contribution < 1.29 is 19.1 Å². The fourth-order valence-corrected chi connectivity index (χ4v) is 4.74. The molecule has 1 N–H and O–H groups in total. The fourth-order valence-electron chi connectivity index (χ4n) is 3.27. The summed E-state index contributed by atoms with van der Waals surface area (Å²) >= 11 is 7.49. The summed E-state index contributed by atoms with van der Waals surface area (Å²) in [5.74, 6) is -0.0982. The molecule has 0 aliphatic rings. The zero-order chi connectivity index (χ0) is 22.8. The molecule has 0 aliphatic heterocycles. The van der Waals surface area contributed by atoms with E-state index in [1.54, 1.807) is 35.1 Å². The highest BCUT2D eigenvalue weighted by Gasteiger charge is 2.18. The summed E-state index contributed by atoms with van der Waals surface area (Å²) in [6, 6.07) is 12.8. The Hall–Kier alpha value is -3.36. The first-order valence-corrected chi connectivity index (χ1v) is 10.9. The van der Waals surface area contributed by atoms with Crippen molar-refractivity contribution in [3.05, 3.63) is 75.4 Å². The fraction of sp³-hybridized carbons (Fsp3) is 0.174. The van der Waals surface area contributed by atoms with E-state index >= 15 is 0 Å². The van der Waals surface area contributed by atoms with Gasteiger partial charge in [0.25, 0.3) is 5.91 Å². The van der Waals surface area contributed by atoms with Gasteiger partial charge in [0.05, 0.1) is 12.1 Å². The summed E-state index contributed by atoms with van der Waals surface area (Å²) < 4.78 is 12.9. The molecule has 0 bridgehead atoms. The molecule has 0 atom stereocenters. The molecule has 0 saturated carbocycles. The van der Waals surface area contributed by atoms with Crippen LogP contribution < -0.4 is 10.1 Å². The van der Waals surface area contributed by atoms with Crippen molar-refractivity contribution in [3.8, 4) is 5.75 Å². The molecule has 32 heavy (non-hydrogen) atoms. The molecule has 7 nitrogen and oxygen atoms in total. The van der Waals surface area contributed by atoms with E-state index in [1.165, 1.54) is 18.4 Å². The van der Waals surface area contributed by atoms with Gasteiger partial charge in [-0.3, -0.25) is 4.79 Å². The van der Waals surface area contributed by atoms with Crippen molar-refractivity contribution in [2.24, 2.45) is 0 Å². The van der Waals surface area contributed by atoms with Crippen LogP contribution >= 0.6 is 22.9 Å². The first-order valence-electron chi connectivity index (χ1n) is 9.70. The molecule has 2 heterocycles. The molecule has 1 amide bonds. The quantitative estimate of drug-likeness (QED) is 0.380. The minimum absolute atomic E-state index is 0.187. The second-order valence-corrected chi connectivity index (χ2v) is 8.67. The van der Waals surface area contributed by atoms with E-state index in [-0.39, 0.29) is 18.3 Å². The Balaban J connectivity index is 1.44. The molecule has 2 aromatic carbocycles. The number of carbonyl (C=O) groups is 2. The molecule has 0 fully saturated rings. The number of methoxy groups -OCH3 is 1. The highest BCUT2D eigenvalue weighted by Crippen LogP contribution is 2.37. The van der Waals surface area contributed by atoms with Crippen LogP contribution in [-0.4, -0.2) is 28.8 Å². The molecule has 0 saturated heterocycles. The lowest BCUT2D eigenvalue weighted by molar-refractivity contribution is 0.0606. The lowest BCUT2D eigenvalue weighted by Crippen LogP contribution is -2.14. The van der Waals surface area contributed by atoms with Gasteiger partial charge in [0, 0.05) is 22.0 Å². The molecule has 4 aromatic rings. The van der Waals surface area contributed by atoms with E-state index in [4.69, 9.17) is 21.1 Å². The average molecular weight is 470 g/mol. The van der Waals surface area contributed by atoms with Gasteiger partial charge in [-0.25, -0.2) is 9.48 Å². The van der Waals surface area contributed by atoms with E-state index in [2.05, 4.69) is 16.5 Å². The average Bonchev–Trinajstić information content (AvgIpc) is 3.36. The maximum atomic E-state index is 12.6. The third-order valence-corrected chi connectivity index (χ3v) is 6.33. The number of benzene rings is 2. The van der Waals surface area contributed by atoms with Gasteiger partial charge in [0.15, 0.2) is 12.4 Å². The number of anilines is 1. The predicted octanol–water partition coefficient (Wildman–Crippen LogP) is 5.44. The summed E-state index contributed by atoms with van der Waals surface area (Å²) in [5.41, 5.74) is 3.05. The van der Waals surface area contributed by atoms with Crippen molar-refractivity contribution in [3.63, 3.8) is 0 Å². The van der Waals surface area contributed by atoms with E-state index in [1.807, 2.05) is 26.0 Å². The van der Waals surface area contributed by atoms with Crippen LogP contribution in [0.3, 0.4) is 0 Å². The van der Waals surface area contributed by atoms with Crippen LogP contribution in [0.4, 0.5) is 5.69 Å². The van der Waals surface area contributed by atoms with Crippen molar-refractivity contribution in [2.45, 2.75) is 20.6 Å². The predicted molar refractivity (Wildman–Crippen MR) is 125 cm³/mol. The number of thiophene rings is 1. The Morgan fingerprint density at radius 2 is 1.88 bits per heavy atom. The van der Waals surface area contributed by atoms with Crippen molar-refractivity contribution in [2.75, 3.05) is 12.4 Å². The van der Waals surface area contributed by atoms with Crippen molar-refractivity contribution >= 4 is 50.6 Å². The van der Waals surface area contributed by atoms with Gasteiger partial charge >= 0.3 is 5.97 Å². The zero-order valence-electron chi connectivity index (χ0n) is 17.6. The third kappa shape index (κ3) is 4.61. The van der Waals surface area contributed by atoms with Crippen LogP contribution in [0.25, 0.3) is 10.1 Å². The minimum atomic E-state index is -0.490. The number of hydrogen-bond donors (Lipinski definition) is 1. The molecule has 0 spiro atoms. The molecular formula is C23H20ClN3O4S. The van der Waals surface area contributed by atoms with Crippen LogP contribution in [0.15, 0.2) is 48.7 Å². The smallest absolute Gasteiger partial charge is 0.349 e. The van der Waals surface area contributed by atoms with Gasteiger partial charge in [-0.1, -0.05) is 17.7 Å². The molecule has 9 heteroatoms. The number of aromatic nitrogens is 2. The zero-order valence-corrected chi connectivity index (χ0v) is 19.2. The van der Waals surface area contributed by atoms with Crippen molar-refractivity contribution in [1.82, 2.24) is 9.78 Å². The number of aryl methyl sites for hydroxylation is 2. The number of nitrogens with one attached hydrogen (secondary N) is 1. The number of hydrogen-bond acceptors (Lipinski definition) is 6. The maximum Gasteiger partial charge on any atom is 0.349 e. The van der Waals surface area contributed by atoms with E-state index in [0.717, 1.165) is 27.0 Å². The number of amides is 1. The highest BCUT2D eigenvalue weighted by molar-refractivity contribution is 7.21. The number of ether oxygens (including phenoxy) is 2. The number of halogens is 1. The van der Waals surface area contributed by atoms with Crippen LogP contribution in [0, 0.1) is 13.8 Å².